The van der Waals surface area contributed by atoms with Gasteiger partial charge in [-0.2, -0.15) is 14.1 Å². The summed E-state index contributed by atoms with van der Waals surface area (Å²) < 4.78 is 43.6. The number of carbonyl (C=O) groups excluding carboxylic acids is 1. The van der Waals surface area contributed by atoms with E-state index in [1.807, 2.05) is 13.8 Å². The number of sulfonamides is 1. The minimum Gasteiger partial charge on any atom is -0.306 e. The van der Waals surface area contributed by atoms with Crippen molar-refractivity contribution in [3.8, 4) is 5.13 Å². The fourth-order valence-corrected chi connectivity index (χ4v) is 6.26. The Morgan fingerprint density at radius 1 is 1.11 bits per heavy atom. The van der Waals surface area contributed by atoms with Crippen LogP contribution in [0.25, 0.3) is 15.3 Å². The monoisotopic (exact) mass is 515 g/mol. The number of anilines is 1. The Bertz CT molecular complexity index is 1460. The van der Waals surface area contributed by atoms with Gasteiger partial charge in [-0.1, -0.05) is 31.3 Å². The predicted octanol–water partition coefficient (Wildman–Crippen LogP) is 4.99. The quantitative estimate of drug-likeness (QED) is 0.339. The SMILES string of the molecule is CCCN(CCC)S(=O)(=O)c1ccc(C(=O)Nc2cc(C)nn2-c2nc3c(F)cccc3s2)cc1. The highest BCUT2D eigenvalue weighted by molar-refractivity contribution is 7.89. The summed E-state index contributed by atoms with van der Waals surface area (Å²) in [5.74, 6) is -0.479. The lowest BCUT2D eigenvalue weighted by atomic mass is 10.2. The molecular formula is C24H26FN5O3S2. The Morgan fingerprint density at radius 3 is 2.43 bits per heavy atom. The molecule has 4 aromatic rings. The third-order valence-electron chi connectivity index (χ3n) is 5.31. The van der Waals surface area contributed by atoms with Crippen molar-refractivity contribution in [3.63, 3.8) is 0 Å². The van der Waals surface area contributed by atoms with E-state index in [0.29, 0.717) is 52.8 Å². The number of amides is 1. The van der Waals surface area contributed by atoms with Crippen LogP contribution < -0.4 is 5.32 Å². The minimum atomic E-state index is -3.63. The maximum atomic E-state index is 14.1. The number of nitrogens with one attached hydrogen (secondary N) is 1. The van der Waals surface area contributed by atoms with Gasteiger partial charge >= 0.3 is 0 Å². The predicted molar refractivity (Wildman–Crippen MR) is 135 cm³/mol. The van der Waals surface area contributed by atoms with Crippen LogP contribution in [0, 0.1) is 12.7 Å². The summed E-state index contributed by atoms with van der Waals surface area (Å²) in [4.78, 5) is 17.4. The first-order valence-corrected chi connectivity index (χ1v) is 13.5. The number of aromatic nitrogens is 3. The van der Waals surface area contributed by atoms with Crippen LogP contribution in [0.4, 0.5) is 10.2 Å². The van der Waals surface area contributed by atoms with Gasteiger partial charge in [0.2, 0.25) is 15.2 Å². The number of carbonyl (C=O) groups is 1. The number of halogens is 1. The summed E-state index contributed by atoms with van der Waals surface area (Å²) in [6.07, 6.45) is 1.43. The van der Waals surface area contributed by atoms with Crippen molar-refractivity contribution in [2.45, 2.75) is 38.5 Å². The largest absolute Gasteiger partial charge is 0.306 e. The standard InChI is InChI=1S/C24H26FN5O3S2/c1-4-13-29(14-5-2)35(32,33)18-11-9-17(10-12-18)23(31)26-21-15-16(3)28-30(21)24-27-22-19(25)7-6-8-20(22)34-24/h6-12,15H,4-5,13-14H2,1-3H3,(H,26,31). The van der Waals surface area contributed by atoms with Crippen molar-refractivity contribution in [2.75, 3.05) is 18.4 Å². The molecule has 184 valence electrons. The molecule has 0 spiro atoms. The number of nitrogens with zero attached hydrogens (tertiary/aromatic N) is 4. The molecule has 35 heavy (non-hydrogen) atoms. The molecule has 8 nitrogen and oxygen atoms in total. The lowest BCUT2D eigenvalue weighted by Crippen LogP contribution is -2.32. The molecule has 1 amide bonds. The number of hydrogen-bond acceptors (Lipinski definition) is 6. The first-order chi connectivity index (χ1) is 16.7. The van der Waals surface area contributed by atoms with E-state index in [-0.39, 0.29) is 10.4 Å². The van der Waals surface area contributed by atoms with Crippen molar-refractivity contribution in [1.82, 2.24) is 19.1 Å². The molecule has 0 saturated heterocycles. The molecule has 0 aliphatic rings. The van der Waals surface area contributed by atoms with Crippen LogP contribution in [-0.2, 0) is 10.0 Å². The maximum Gasteiger partial charge on any atom is 0.256 e. The van der Waals surface area contributed by atoms with E-state index in [1.165, 1.54) is 50.7 Å². The van der Waals surface area contributed by atoms with Crippen LogP contribution in [-0.4, -0.2) is 46.5 Å². The zero-order chi connectivity index (χ0) is 25.2. The zero-order valence-corrected chi connectivity index (χ0v) is 21.3. The van der Waals surface area contributed by atoms with Crippen molar-refractivity contribution < 1.29 is 17.6 Å². The van der Waals surface area contributed by atoms with Crippen molar-refractivity contribution >= 4 is 43.3 Å². The first-order valence-electron chi connectivity index (χ1n) is 11.3. The Labute approximate surface area is 207 Å². The molecule has 2 heterocycles. The smallest absolute Gasteiger partial charge is 0.256 e. The third kappa shape index (κ3) is 5.12. The Hall–Kier alpha value is -3.15. The van der Waals surface area contributed by atoms with Gasteiger partial charge in [0.15, 0.2) is 0 Å². The van der Waals surface area contributed by atoms with Crippen LogP contribution in [0.3, 0.4) is 0 Å². The highest BCUT2D eigenvalue weighted by Gasteiger charge is 2.23. The van der Waals surface area contributed by atoms with Gasteiger partial charge in [-0.25, -0.2) is 17.8 Å². The van der Waals surface area contributed by atoms with E-state index in [2.05, 4.69) is 15.4 Å². The van der Waals surface area contributed by atoms with E-state index < -0.39 is 21.7 Å². The minimum absolute atomic E-state index is 0.147. The number of thiazole rings is 1. The van der Waals surface area contributed by atoms with Crippen molar-refractivity contribution in [3.05, 3.63) is 65.6 Å². The summed E-state index contributed by atoms with van der Waals surface area (Å²) >= 11 is 1.26. The number of para-hydroxylation sites is 1. The third-order valence-corrected chi connectivity index (χ3v) is 8.22. The average molecular weight is 516 g/mol. The van der Waals surface area contributed by atoms with Gasteiger partial charge in [-0.3, -0.25) is 4.79 Å². The molecule has 2 aromatic carbocycles. The summed E-state index contributed by atoms with van der Waals surface area (Å²) in [7, 11) is -3.63. The molecule has 0 aliphatic carbocycles. The van der Waals surface area contributed by atoms with Crippen LogP contribution in [0.1, 0.15) is 42.7 Å². The van der Waals surface area contributed by atoms with E-state index in [0.717, 1.165) is 0 Å². The van der Waals surface area contributed by atoms with Crippen LogP contribution >= 0.6 is 11.3 Å². The van der Waals surface area contributed by atoms with E-state index in [9.17, 15) is 17.6 Å². The average Bonchev–Trinajstić information content (AvgIpc) is 3.43. The first kappa shape index (κ1) is 25.0. The molecule has 11 heteroatoms. The Kier molecular flexibility index (Phi) is 7.29. The fourth-order valence-electron chi connectivity index (χ4n) is 3.69. The molecule has 0 aliphatic heterocycles. The lowest BCUT2D eigenvalue weighted by molar-refractivity contribution is 0.102. The van der Waals surface area contributed by atoms with Gasteiger partial charge < -0.3 is 5.32 Å². The summed E-state index contributed by atoms with van der Waals surface area (Å²) in [5.41, 5.74) is 1.19. The second-order valence-corrected chi connectivity index (χ2v) is 11.0. The second kappa shape index (κ2) is 10.2. The van der Waals surface area contributed by atoms with Gasteiger partial charge in [0.25, 0.3) is 5.91 Å². The van der Waals surface area contributed by atoms with Gasteiger partial charge in [0.05, 0.1) is 15.3 Å². The number of hydrogen-bond donors (Lipinski definition) is 1. The topological polar surface area (TPSA) is 97.2 Å². The molecule has 2 aromatic heterocycles. The maximum absolute atomic E-state index is 14.1. The van der Waals surface area contributed by atoms with Crippen molar-refractivity contribution in [2.24, 2.45) is 0 Å². The molecule has 0 saturated carbocycles. The Balaban J connectivity index is 1.57. The molecule has 0 unspecified atom stereocenters. The van der Waals surface area contributed by atoms with Crippen LogP contribution in [0.2, 0.25) is 0 Å². The number of rotatable bonds is 9. The highest BCUT2D eigenvalue weighted by atomic mass is 32.2. The van der Waals surface area contributed by atoms with E-state index >= 15 is 0 Å². The molecule has 0 bridgehead atoms. The van der Waals surface area contributed by atoms with Gasteiger partial charge in [0, 0.05) is 24.7 Å². The second-order valence-electron chi connectivity index (χ2n) is 8.05. The molecule has 1 N–H and O–H groups in total. The fraction of sp³-hybridized carbons (Fsp3) is 0.292. The summed E-state index contributed by atoms with van der Waals surface area (Å²) in [5, 5.41) is 7.62. The number of benzene rings is 2. The normalized spacial score (nSPS) is 11.9. The van der Waals surface area contributed by atoms with Crippen LogP contribution in [0.5, 0.6) is 0 Å². The summed E-state index contributed by atoms with van der Waals surface area (Å²) in [6, 6.07) is 12.3. The van der Waals surface area contributed by atoms with Crippen LogP contribution in [0.15, 0.2) is 53.4 Å². The van der Waals surface area contributed by atoms with Gasteiger partial charge in [-0.15, -0.1) is 0 Å². The number of aryl methyl sites for hydroxylation is 1. The lowest BCUT2D eigenvalue weighted by Gasteiger charge is -2.21. The number of fused-ring (bicyclic) bond motifs is 1. The molecular weight excluding hydrogens is 489 g/mol. The highest BCUT2D eigenvalue weighted by Crippen LogP contribution is 2.29. The zero-order valence-electron chi connectivity index (χ0n) is 19.7. The van der Waals surface area contributed by atoms with Gasteiger partial charge in [0.1, 0.15) is 17.2 Å². The molecule has 0 atom stereocenters. The molecule has 0 fully saturated rings. The van der Waals surface area contributed by atoms with Gasteiger partial charge in [-0.05, 0) is 56.2 Å². The molecule has 4 rings (SSSR count). The van der Waals surface area contributed by atoms with Crippen molar-refractivity contribution in [1.29, 1.82) is 0 Å². The summed E-state index contributed by atoms with van der Waals surface area (Å²) in [6.45, 7) is 6.53. The Morgan fingerprint density at radius 2 is 1.80 bits per heavy atom. The molecule has 0 radical (unpaired) electrons. The van der Waals surface area contributed by atoms with E-state index in [1.54, 1.807) is 25.1 Å². The van der Waals surface area contributed by atoms with E-state index in [4.69, 9.17) is 0 Å².